The van der Waals surface area contributed by atoms with E-state index in [1.54, 1.807) is 6.07 Å². The van der Waals surface area contributed by atoms with Crippen molar-refractivity contribution in [2.75, 3.05) is 0 Å². The molecule has 0 atom stereocenters. The lowest BCUT2D eigenvalue weighted by Gasteiger charge is -2.07. The minimum absolute atomic E-state index is 0.0776. The van der Waals surface area contributed by atoms with Crippen molar-refractivity contribution in [2.24, 2.45) is 0 Å². The molecule has 0 saturated carbocycles. The molecule has 1 heterocycles. The highest BCUT2D eigenvalue weighted by molar-refractivity contribution is 9.10. The third kappa shape index (κ3) is 2.46. The molecule has 0 saturated heterocycles. The van der Waals surface area contributed by atoms with Crippen molar-refractivity contribution in [1.82, 2.24) is 4.98 Å². The summed E-state index contributed by atoms with van der Waals surface area (Å²) in [5.41, 5.74) is -0.290. The van der Waals surface area contributed by atoms with Crippen LogP contribution in [0.2, 0.25) is 0 Å². The summed E-state index contributed by atoms with van der Waals surface area (Å²) in [6.07, 6.45) is 1.34. The number of ether oxygens (including phenoxy) is 1. The van der Waals surface area contributed by atoms with Crippen LogP contribution in [0.25, 0.3) is 0 Å². The van der Waals surface area contributed by atoms with E-state index in [2.05, 4.69) is 20.9 Å². The Hall–Kier alpha value is -2.00. The molecule has 0 fully saturated rings. The first kappa shape index (κ1) is 12.5. The van der Waals surface area contributed by atoms with Crippen LogP contribution in [0.3, 0.4) is 0 Å². The highest BCUT2D eigenvalue weighted by Crippen LogP contribution is 2.27. The molecule has 0 unspecified atom stereocenters. The van der Waals surface area contributed by atoms with Gasteiger partial charge in [0.2, 0.25) is 0 Å². The number of hydrogen-bond acceptors (Lipinski definition) is 3. The Labute approximate surface area is 110 Å². The third-order valence-corrected chi connectivity index (χ3v) is 2.50. The summed E-state index contributed by atoms with van der Waals surface area (Å²) in [4.78, 5) is 3.70. The lowest BCUT2D eigenvalue weighted by atomic mass is 10.2. The Bertz CT molecular complexity index is 640. The Morgan fingerprint density at radius 1 is 1.28 bits per heavy atom. The molecular formula is C12H5BrF2N2O. The molecule has 90 valence electrons. The van der Waals surface area contributed by atoms with Gasteiger partial charge in [-0.05, 0) is 34.1 Å². The van der Waals surface area contributed by atoms with E-state index in [1.807, 2.05) is 0 Å². The number of aromatic nitrogens is 1. The van der Waals surface area contributed by atoms with Crippen molar-refractivity contribution < 1.29 is 13.5 Å². The average Bonchev–Trinajstić information content (AvgIpc) is 2.33. The standard InChI is InChI=1S/C12H5BrF2N2O/c13-7-4-10(15)12(17-6-7)18-11-3-1-2-9(14)8(11)5-16/h1-4,6H. The number of hydrogen-bond donors (Lipinski definition) is 0. The summed E-state index contributed by atoms with van der Waals surface area (Å²) < 4.78 is 32.3. The van der Waals surface area contributed by atoms with Crippen molar-refractivity contribution >= 4 is 15.9 Å². The fourth-order valence-corrected chi connectivity index (χ4v) is 1.58. The predicted octanol–water partition coefficient (Wildman–Crippen LogP) is 3.79. The second kappa shape index (κ2) is 5.10. The van der Waals surface area contributed by atoms with Crippen molar-refractivity contribution in [3.05, 3.63) is 52.1 Å². The molecular weight excluding hydrogens is 306 g/mol. The molecule has 0 N–H and O–H groups in total. The van der Waals surface area contributed by atoms with Gasteiger partial charge in [-0.1, -0.05) is 6.07 Å². The summed E-state index contributed by atoms with van der Waals surface area (Å²) in [6, 6.07) is 6.67. The average molecular weight is 311 g/mol. The van der Waals surface area contributed by atoms with Crippen LogP contribution >= 0.6 is 15.9 Å². The van der Waals surface area contributed by atoms with E-state index in [4.69, 9.17) is 10.00 Å². The van der Waals surface area contributed by atoms with E-state index in [-0.39, 0.29) is 17.2 Å². The van der Waals surface area contributed by atoms with E-state index >= 15 is 0 Å². The van der Waals surface area contributed by atoms with E-state index in [0.717, 1.165) is 12.1 Å². The van der Waals surface area contributed by atoms with Crippen molar-refractivity contribution in [3.63, 3.8) is 0 Å². The Balaban J connectivity index is 2.41. The number of nitriles is 1. The van der Waals surface area contributed by atoms with Crippen molar-refractivity contribution in [2.45, 2.75) is 0 Å². The first-order valence-corrected chi connectivity index (χ1v) is 5.58. The molecule has 0 amide bonds. The van der Waals surface area contributed by atoms with E-state index < -0.39 is 11.6 Å². The van der Waals surface area contributed by atoms with E-state index in [0.29, 0.717) is 4.47 Å². The second-order valence-electron chi connectivity index (χ2n) is 3.27. The fraction of sp³-hybridized carbons (Fsp3) is 0. The number of pyridine rings is 1. The molecule has 0 aliphatic rings. The van der Waals surface area contributed by atoms with Gasteiger partial charge in [-0.2, -0.15) is 5.26 Å². The summed E-state index contributed by atoms with van der Waals surface area (Å²) in [6.45, 7) is 0. The topological polar surface area (TPSA) is 45.9 Å². The van der Waals surface area contributed by atoms with Crippen LogP contribution in [0.1, 0.15) is 5.56 Å². The lowest BCUT2D eigenvalue weighted by molar-refractivity contribution is 0.418. The third-order valence-electron chi connectivity index (χ3n) is 2.07. The van der Waals surface area contributed by atoms with Crippen molar-refractivity contribution in [1.29, 1.82) is 5.26 Å². The Kier molecular flexibility index (Phi) is 3.53. The van der Waals surface area contributed by atoms with Crippen LogP contribution in [0.15, 0.2) is 34.9 Å². The van der Waals surface area contributed by atoms with Gasteiger partial charge in [0.05, 0.1) is 0 Å². The van der Waals surface area contributed by atoms with Gasteiger partial charge >= 0.3 is 0 Å². The largest absolute Gasteiger partial charge is 0.435 e. The van der Waals surface area contributed by atoms with Gasteiger partial charge in [-0.15, -0.1) is 0 Å². The molecule has 18 heavy (non-hydrogen) atoms. The first-order chi connectivity index (χ1) is 8.61. The van der Waals surface area contributed by atoms with E-state index in [9.17, 15) is 8.78 Å². The molecule has 0 spiro atoms. The molecule has 1 aromatic heterocycles. The van der Waals surface area contributed by atoms with Crippen molar-refractivity contribution in [3.8, 4) is 17.7 Å². The quantitative estimate of drug-likeness (QED) is 0.848. The van der Waals surface area contributed by atoms with Crippen LogP contribution in [-0.4, -0.2) is 4.98 Å². The molecule has 1 aromatic carbocycles. The maximum atomic E-state index is 13.5. The van der Waals surface area contributed by atoms with E-state index in [1.165, 1.54) is 18.3 Å². The summed E-state index contributed by atoms with van der Waals surface area (Å²) in [5.74, 6) is -1.84. The highest BCUT2D eigenvalue weighted by Gasteiger charge is 2.13. The van der Waals surface area contributed by atoms with Gasteiger partial charge in [0.15, 0.2) is 5.82 Å². The maximum Gasteiger partial charge on any atom is 0.255 e. The first-order valence-electron chi connectivity index (χ1n) is 4.79. The van der Waals surface area contributed by atoms with Gasteiger partial charge in [0, 0.05) is 10.7 Å². The maximum absolute atomic E-state index is 13.5. The number of halogens is 3. The normalized spacial score (nSPS) is 9.89. The predicted molar refractivity (Wildman–Crippen MR) is 63.1 cm³/mol. The Morgan fingerprint density at radius 3 is 2.72 bits per heavy atom. The van der Waals surface area contributed by atoms with Gasteiger partial charge in [0.25, 0.3) is 5.88 Å². The minimum atomic E-state index is -0.729. The molecule has 2 aromatic rings. The molecule has 2 rings (SSSR count). The zero-order valence-corrected chi connectivity index (χ0v) is 10.4. The van der Waals surface area contributed by atoms with Gasteiger partial charge < -0.3 is 4.74 Å². The summed E-state index contributed by atoms with van der Waals surface area (Å²) >= 11 is 3.05. The molecule has 6 heteroatoms. The summed E-state index contributed by atoms with van der Waals surface area (Å²) in [7, 11) is 0. The number of benzene rings is 1. The zero-order valence-electron chi connectivity index (χ0n) is 8.82. The zero-order chi connectivity index (χ0) is 13.1. The second-order valence-corrected chi connectivity index (χ2v) is 4.18. The highest BCUT2D eigenvalue weighted by atomic mass is 79.9. The van der Waals surface area contributed by atoms with Crippen LogP contribution in [0.4, 0.5) is 8.78 Å². The van der Waals surface area contributed by atoms with Crippen LogP contribution in [0, 0.1) is 23.0 Å². The summed E-state index contributed by atoms with van der Waals surface area (Å²) in [5, 5.41) is 8.80. The molecule has 0 aliphatic carbocycles. The fourth-order valence-electron chi connectivity index (χ4n) is 1.28. The Morgan fingerprint density at radius 2 is 2.06 bits per heavy atom. The SMILES string of the molecule is N#Cc1c(F)cccc1Oc1ncc(Br)cc1F. The van der Waals surface area contributed by atoms with Gasteiger partial charge in [-0.25, -0.2) is 13.8 Å². The smallest absolute Gasteiger partial charge is 0.255 e. The molecule has 0 aliphatic heterocycles. The van der Waals surface area contributed by atoms with Crippen LogP contribution in [-0.2, 0) is 0 Å². The number of nitrogens with zero attached hydrogens (tertiary/aromatic N) is 2. The van der Waals surface area contributed by atoms with Crippen LogP contribution in [0.5, 0.6) is 11.6 Å². The van der Waals surface area contributed by atoms with Gasteiger partial charge in [-0.3, -0.25) is 0 Å². The number of rotatable bonds is 2. The van der Waals surface area contributed by atoms with Crippen LogP contribution < -0.4 is 4.74 Å². The lowest BCUT2D eigenvalue weighted by Crippen LogP contribution is -1.95. The minimum Gasteiger partial charge on any atom is -0.435 e. The molecule has 3 nitrogen and oxygen atoms in total. The molecule has 0 radical (unpaired) electrons. The molecule has 0 bridgehead atoms. The monoisotopic (exact) mass is 310 g/mol. The van der Waals surface area contributed by atoms with Gasteiger partial charge in [0.1, 0.15) is 23.2 Å².